The highest BCUT2D eigenvalue weighted by molar-refractivity contribution is 6.37. The lowest BCUT2D eigenvalue weighted by atomic mass is 9.74. The van der Waals surface area contributed by atoms with Gasteiger partial charge in [0, 0.05) is 22.4 Å². The van der Waals surface area contributed by atoms with E-state index in [0.29, 0.717) is 11.8 Å². The molecule has 1 atom stereocenters. The molecule has 116 valence electrons. The molecule has 0 saturated heterocycles. The molecule has 0 N–H and O–H groups in total. The predicted octanol–water partition coefficient (Wildman–Crippen LogP) is 6.13. The van der Waals surface area contributed by atoms with Gasteiger partial charge in [0.1, 0.15) is 11.4 Å². The van der Waals surface area contributed by atoms with E-state index >= 15 is 0 Å². The van der Waals surface area contributed by atoms with Gasteiger partial charge in [0.2, 0.25) is 0 Å². The first kappa shape index (κ1) is 14.4. The Bertz CT molecular complexity index is 801. The summed E-state index contributed by atoms with van der Waals surface area (Å²) in [5, 5.41) is 3.49. The summed E-state index contributed by atoms with van der Waals surface area (Å²) < 4.78 is 6.47. The van der Waals surface area contributed by atoms with Gasteiger partial charge in [0.25, 0.3) is 0 Å². The van der Waals surface area contributed by atoms with Crippen molar-refractivity contribution in [2.24, 2.45) is 0 Å². The van der Waals surface area contributed by atoms with Crippen LogP contribution >= 0.6 is 11.6 Å². The van der Waals surface area contributed by atoms with Crippen molar-refractivity contribution >= 4 is 22.4 Å². The van der Waals surface area contributed by atoms with Crippen LogP contribution in [0.4, 0.5) is 0 Å². The van der Waals surface area contributed by atoms with Gasteiger partial charge in [-0.3, -0.25) is 0 Å². The number of aryl methyl sites for hydroxylation is 2. The highest BCUT2D eigenvalue weighted by Crippen LogP contribution is 2.58. The molecule has 2 aliphatic rings. The van der Waals surface area contributed by atoms with Crippen molar-refractivity contribution in [1.29, 1.82) is 0 Å². The van der Waals surface area contributed by atoms with Gasteiger partial charge in [-0.2, -0.15) is 0 Å². The van der Waals surface area contributed by atoms with Crippen molar-refractivity contribution < 1.29 is 4.74 Å². The molecule has 0 fully saturated rings. The third-order valence-corrected chi connectivity index (χ3v) is 6.00. The zero-order valence-corrected chi connectivity index (χ0v) is 14.8. The number of ether oxygens (including phenoxy) is 1. The van der Waals surface area contributed by atoms with E-state index in [1.807, 2.05) is 0 Å². The maximum Gasteiger partial charge on any atom is 0.129 e. The Balaban J connectivity index is 2.22. The second kappa shape index (κ2) is 4.41. The molecule has 0 saturated carbocycles. The van der Waals surface area contributed by atoms with Crippen LogP contribution in [-0.2, 0) is 6.42 Å². The summed E-state index contributed by atoms with van der Waals surface area (Å²) in [6.45, 7) is 11.1. The lowest BCUT2D eigenvalue weighted by molar-refractivity contribution is 0.105. The number of hydrogen-bond donors (Lipinski definition) is 0. The molecule has 22 heavy (non-hydrogen) atoms. The first-order valence-electron chi connectivity index (χ1n) is 8.29. The van der Waals surface area contributed by atoms with Gasteiger partial charge < -0.3 is 4.74 Å². The number of halogens is 1. The molecule has 1 unspecified atom stereocenters. The fraction of sp³-hybridized carbons (Fsp3) is 0.500. The Labute approximate surface area is 137 Å². The molecular formula is C20H23ClO. The quantitative estimate of drug-likeness (QED) is 0.615. The minimum absolute atomic E-state index is 0.134. The minimum atomic E-state index is -0.134. The van der Waals surface area contributed by atoms with Crippen molar-refractivity contribution in [3.63, 3.8) is 0 Å². The summed E-state index contributed by atoms with van der Waals surface area (Å²) in [4.78, 5) is 0. The molecule has 2 aromatic rings. The molecular weight excluding hydrogens is 292 g/mol. The summed E-state index contributed by atoms with van der Waals surface area (Å²) in [5.74, 6) is 1.92. The number of rotatable bonds is 1. The van der Waals surface area contributed by atoms with E-state index in [2.05, 4.69) is 46.8 Å². The molecule has 0 radical (unpaired) electrons. The van der Waals surface area contributed by atoms with Crippen molar-refractivity contribution in [3.05, 3.63) is 39.4 Å². The first-order valence-corrected chi connectivity index (χ1v) is 8.67. The zero-order valence-electron chi connectivity index (χ0n) is 14.0. The average Bonchev–Trinajstić information content (AvgIpc) is 2.70. The molecule has 0 amide bonds. The lowest BCUT2D eigenvalue weighted by Crippen LogP contribution is -2.31. The van der Waals surface area contributed by atoms with Crippen LogP contribution in [0.3, 0.4) is 0 Å². The van der Waals surface area contributed by atoms with Crippen LogP contribution in [0, 0.1) is 6.92 Å². The molecule has 1 aliphatic carbocycles. The summed E-state index contributed by atoms with van der Waals surface area (Å²) in [6.07, 6.45) is 2.30. The van der Waals surface area contributed by atoms with E-state index in [9.17, 15) is 0 Å². The van der Waals surface area contributed by atoms with Crippen molar-refractivity contribution in [1.82, 2.24) is 0 Å². The van der Waals surface area contributed by atoms with E-state index in [1.165, 1.54) is 39.4 Å². The first-order chi connectivity index (χ1) is 10.3. The molecule has 0 bridgehead atoms. The average molecular weight is 315 g/mol. The molecule has 0 aromatic heterocycles. The van der Waals surface area contributed by atoms with Gasteiger partial charge in [-0.05, 0) is 56.0 Å². The summed E-state index contributed by atoms with van der Waals surface area (Å²) in [6, 6.07) is 4.43. The largest absolute Gasteiger partial charge is 0.487 e. The monoisotopic (exact) mass is 314 g/mol. The van der Waals surface area contributed by atoms with Crippen LogP contribution in [0.25, 0.3) is 10.8 Å². The third-order valence-electron chi connectivity index (χ3n) is 5.59. The van der Waals surface area contributed by atoms with Crippen molar-refractivity contribution in [2.45, 2.75) is 64.9 Å². The molecule has 1 aliphatic heterocycles. The van der Waals surface area contributed by atoms with Crippen LogP contribution in [-0.4, -0.2) is 5.60 Å². The number of hydrogen-bond acceptors (Lipinski definition) is 1. The van der Waals surface area contributed by atoms with Gasteiger partial charge >= 0.3 is 0 Å². The molecule has 0 spiro atoms. The van der Waals surface area contributed by atoms with Gasteiger partial charge in [-0.25, -0.2) is 0 Å². The van der Waals surface area contributed by atoms with Crippen LogP contribution in [0.5, 0.6) is 5.75 Å². The summed E-state index contributed by atoms with van der Waals surface area (Å²) in [5.41, 5.74) is 5.34. The van der Waals surface area contributed by atoms with E-state index in [4.69, 9.17) is 16.3 Å². The lowest BCUT2D eigenvalue weighted by Gasteiger charge is -2.30. The van der Waals surface area contributed by atoms with Crippen molar-refractivity contribution in [3.8, 4) is 5.75 Å². The van der Waals surface area contributed by atoms with Crippen LogP contribution in [0.2, 0.25) is 5.02 Å². The number of benzene rings is 2. The van der Waals surface area contributed by atoms with Gasteiger partial charge in [-0.1, -0.05) is 37.6 Å². The van der Waals surface area contributed by atoms with Crippen LogP contribution in [0.15, 0.2) is 12.1 Å². The second-order valence-corrected chi connectivity index (χ2v) is 8.08. The molecule has 1 heterocycles. The fourth-order valence-corrected chi connectivity index (χ4v) is 4.95. The Morgan fingerprint density at radius 1 is 1.27 bits per heavy atom. The van der Waals surface area contributed by atoms with Gasteiger partial charge in [0.05, 0.1) is 5.02 Å². The smallest absolute Gasteiger partial charge is 0.129 e. The molecule has 2 heteroatoms. The van der Waals surface area contributed by atoms with E-state index in [0.717, 1.165) is 17.2 Å². The standard InChI is InChI=1S/C20H23ClO/c1-10(2)15-18(21)13-7-6-11(3)12-8-9-14-17(16(12)13)19(15)22-20(14,4)5/h6-7,10,14H,8-9H2,1-5H3. The minimum Gasteiger partial charge on any atom is -0.487 e. The Morgan fingerprint density at radius 3 is 2.68 bits per heavy atom. The Morgan fingerprint density at radius 2 is 2.00 bits per heavy atom. The third kappa shape index (κ3) is 1.66. The predicted molar refractivity (Wildman–Crippen MR) is 93.6 cm³/mol. The highest BCUT2D eigenvalue weighted by atomic mass is 35.5. The van der Waals surface area contributed by atoms with E-state index in [-0.39, 0.29) is 5.60 Å². The summed E-state index contributed by atoms with van der Waals surface area (Å²) >= 11 is 6.83. The topological polar surface area (TPSA) is 9.23 Å². The molecule has 4 rings (SSSR count). The van der Waals surface area contributed by atoms with Gasteiger partial charge in [0.15, 0.2) is 0 Å². The maximum atomic E-state index is 6.83. The molecule has 1 nitrogen and oxygen atoms in total. The highest BCUT2D eigenvalue weighted by Gasteiger charge is 2.46. The van der Waals surface area contributed by atoms with Crippen LogP contribution < -0.4 is 4.74 Å². The Kier molecular flexibility index (Phi) is 2.89. The van der Waals surface area contributed by atoms with Crippen molar-refractivity contribution in [2.75, 3.05) is 0 Å². The maximum absolute atomic E-state index is 6.83. The summed E-state index contributed by atoms with van der Waals surface area (Å²) in [7, 11) is 0. The second-order valence-electron chi connectivity index (χ2n) is 7.71. The SMILES string of the molecule is Cc1ccc2c(Cl)c(C(C)C)c3c4c2c1CCC4C(C)(C)O3. The van der Waals surface area contributed by atoms with E-state index < -0.39 is 0 Å². The fourth-order valence-electron chi connectivity index (χ4n) is 4.49. The van der Waals surface area contributed by atoms with Gasteiger partial charge in [-0.15, -0.1) is 0 Å². The van der Waals surface area contributed by atoms with E-state index in [1.54, 1.807) is 0 Å². The normalized spacial score (nSPS) is 21.5. The zero-order chi connectivity index (χ0) is 15.8. The van der Waals surface area contributed by atoms with Crippen LogP contribution in [0.1, 0.15) is 68.2 Å². The molecule has 2 aromatic carbocycles. The Hall–Kier alpha value is -1.21.